The van der Waals surface area contributed by atoms with Crippen molar-refractivity contribution >= 4 is 24.4 Å². The van der Waals surface area contributed by atoms with E-state index in [1.165, 1.54) is 24.3 Å². The van der Waals surface area contributed by atoms with Crippen LogP contribution in [0.5, 0.6) is 5.75 Å². The summed E-state index contributed by atoms with van der Waals surface area (Å²) in [6.07, 6.45) is -12.2. The third-order valence-electron chi connectivity index (χ3n) is 10.4. The lowest BCUT2D eigenvalue weighted by molar-refractivity contribution is -0.384. The number of nitro benzene ring substituents is 1. The maximum absolute atomic E-state index is 11.2. The van der Waals surface area contributed by atoms with Gasteiger partial charge in [-0.3, -0.25) is 10.1 Å². The van der Waals surface area contributed by atoms with Crippen molar-refractivity contribution in [2.24, 2.45) is 0 Å². The molecule has 3 heterocycles. The number of benzene rings is 3. The van der Waals surface area contributed by atoms with E-state index in [9.17, 15) is 30.5 Å². The molecule has 16 heteroatoms. The first-order valence-corrected chi connectivity index (χ1v) is 20.7. The first kappa shape index (κ1) is 42.2. The van der Waals surface area contributed by atoms with Crippen LogP contribution in [0.3, 0.4) is 0 Å². The molecule has 0 aromatic heterocycles. The molecule has 3 saturated heterocycles. The molecule has 1 unspecified atom stereocenters. The molecule has 0 amide bonds. The number of nitro groups is 1. The van der Waals surface area contributed by atoms with Crippen molar-refractivity contribution in [1.29, 1.82) is 0 Å². The zero-order valence-electron chi connectivity index (χ0n) is 32.4. The molecular formula is C40H53NO14Si. The molecule has 3 aromatic rings. The topological polar surface area (TPSA) is 198 Å². The number of ether oxygens (including phenoxy) is 7. The van der Waals surface area contributed by atoms with Crippen molar-refractivity contribution in [3.63, 3.8) is 0 Å². The number of aliphatic hydroxyl groups excluding tert-OH is 4. The van der Waals surface area contributed by atoms with E-state index in [0.29, 0.717) is 0 Å². The predicted octanol–water partition coefficient (Wildman–Crippen LogP) is 2.39. The van der Waals surface area contributed by atoms with E-state index >= 15 is 0 Å². The Bertz CT molecular complexity index is 1690. The first-order chi connectivity index (χ1) is 26.5. The number of rotatable bonds is 14. The minimum Gasteiger partial charge on any atom is -0.491 e. The number of non-ortho nitro benzene ring substituents is 1. The van der Waals surface area contributed by atoms with Gasteiger partial charge in [-0.25, -0.2) is 0 Å². The third-order valence-corrected chi connectivity index (χ3v) is 15.4. The summed E-state index contributed by atoms with van der Waals surface area (Å²) >= 11 is 0. The Morgan fingerprint density at radius 2 is 1.41 bits per heavy atom. The predicted molar refractivity (Wildman–Crippen MR) is 204 cm³/mol. The van der Waals surface area contributed by atoms with Crippen LogP contribution in [0, 0.1) is 10.1 Å². The first-order valence-electron chi connectivity index (χ1n) is 18.8. The second-order valence-electron chi connectivity index (χ2n) is 15.9. The highest BCUT2D eigenvalue weighted by molar-refractivity contribution is 6.99. The van der Waals surface area contributed by atoms with Crippen LogP contribution in [0.1, 0.15) is 41.5 Å². The van der Waals surface area contributed by atoms with Crippen LogP contribution in [-0.4, -0.2) is 127 Å². The average molecular weight is 800 g/mol. The molecular weight excluding hydrogens is 747 g/mol. The fourth-order valence-corrected chi connectivity index (χ4v) is 12.3. The minimum absolute atomic E-state index is 0.120. The van der Waals surface area contributed by atoms with Gasteiger partial charge in [0.1, 0.15) is 61.2 Å². The van der Waals surface area contributed by atoms with Crippen LogP contribution in [0.4, 0.5) is 5.69 Å². The third kappa shape index (κ3) is 8.86. The Labute approximate surface area is 327 Å². The molecule has 0 spiro atoms. The molecule has 0 bridgehead atoms. The molecule has 0 saturated carbocycles. The van der Waals surface area contributed by atoms with Crippen molar-refractivity contribution in [1.82, 2.24) is 0 Å². The van der Waals surface area contributed by atoms with Gasteiger partial charge in [0.25, 0.3) is 14.0 Å². The summed E-state index contributed by atoms with van der Waals surface area (Å²) in [7, 11) is -3.23. The SMILES string of the molecule is C[C@@H]1O[C@@H](OCC(COc2ccc([N+](=O)[O-])cc2)O[C@@H]2O[C@H](CO)[C@H](O)[C@H](O)[C@H]2O)[C@@H](O[Si](c2ccccc2)(c2ccccc2)C(C)(C)C)[C@@H]2OC(C)(C)O[C@@H]21. The second kappa shape index (κ2) is 17.2. The van der Waals surface area contributed by atoms with E-state index in [2.05, 4.69) is 45.0 Å². The van der Waals surface area contributed by atoms with Gasteiger partial charge in [0, 0.05) is 12.1 Å². The van der Waals surface area contributed by atoms with Crippen LogP contribution < -0.4 is 15.1 Å². The van der Waals surface area contributed by atoms with Gasteiger partial charge < -0.3 is 58.0 Å². The largest absolute Gasteiger partial charge is 0.491 e. The van der Waals surface area contributed by atoms with E-state index < -0.39 is 98.2 Å². The quantitative estimate of drug-likeness (QED) is 0.105. The second-order valence-corrected chi connectivity index (χ2v) is 20.1. The van der Waals surface area contributed by atoms with E-state index in [1.54, 1.807) is 0 Å². The summed E-state index contributed by atoms with van der Waals surface area (Å²) in [6.45, 7) is 10.9. The number of fused-ring (bicyclic) bond motifs is 1. The zero-order valence-corrected chi connectivity index (χ0v) is 33.4. The molecule has 0 radical (unpaired) electrons. The van der Waals surface area contributed by atoms with Crippen molar-refractivity contribution in [3.05, 3.63) is 95.0 Å². The lowest BCUT2D eigenvalue weighted by atomic mass is 9.99. The number of aliphatic hydroxyl groups is 4. The molecule has 0 aliphatic carbocycles. The molecule has 3 aromatic carbocycles. The minimum atomic E-state index is -3.23. The number of nitrogens with zero attached hydrogens (tertiary/aromatic N) is 1. The smallest absolute Gasteiger partial charge is 0.269 e. The van der Waals surface area contributed by atoms with Gasteiger partial charge in [0.2, 0.25) is 0 Å². The number of hydrogen-bond donors (Lipinski definition) is 4. The van der Waals surface area contributed by atoms with Crippen molar-refractivity contribution < 1.29 is 62.9 Å². The highest BCUT2D eigenvalue weighted by Crippen LogP contribution is 2.44. The molecule has 4 N–H and O–H groups in total. The molecule has 3 fully saturated rings. The highest BCUT2D eigenvalue weighted by Gasteiger charge is 2.60. The summed E-state index contributed by atoms with van der Waals surface area (Å²) in [5.41, 5.74) is -0.120. The van der Waals surface area contributed by atoms with Crippen LogP contribution in [0.2, 0.25) is 5.04 Å². The van der Waals surface area contributed by atoms with Gasteiger partial charge in [-0.15, -0.1) is 0 Å². The molecule has 56 heavy (non-hydrogen) atoms. The Kier molecular flexibility index (Phi) is 13.0. The van der Waals surface area contributed by atoms with E-state index in [1.807, 2.05) is 57.2 Å². The molecule has 15 nitrogen and oxygen atoms in total. The van der Waals surface area contributed by atoms with Crippen LogP contribution in [0.25, 0.3) is 0 Å². The van der Waals surface area contributed by atoms with Crippen LogP contribution >= 0.6 is 0 Å². The van der Waals surface area contributed by atoms with Gasteiger partial charge in [-0.2, -0.15) is 0 Å². The molecule has 6 rings (SSSR count). The summed E-state index contributed by atoms with van der Waals surface area (Å²) < 4.78 is 51.5. The van der Waals surface area contributed by atoms with Crippen LogP contribution in [-0.2, 0) is 32.8 Å². The van der Waals surface area contributed by atoms with E-state index in [-0.39, 0.29) is 24.7 Å². The lowest BCUT2D eigenvalue weighted by Gasteiger charge is -2.49. The Balaban J connectivity index is 1.34. The Morgan fingerprint density at radius 1 is 0.821 bits per heavy atom. The maximum atomic E-state index is 11.2. The van der Waals surface area contributed by atoms with Crippen molar-refractivity contribution in [2.75, 3.05) is 19.8 Å². The van der Waals surface area contributed by atoms with Gasteiger partial charge in [-0.1, -0.05) is 81.4 Å². The highest BCUT2D eigenvalue weighted by atomic mass is 28.4. The van der Waals surface area contributed by atoms with Crippen molar-refractivity contribution in [3.8, 4) is 5.75 Å². The zero-order chi connectivity index (χ0) is 40.4. The van der Waals surface area contributed by atoms with Crippen LogP contribution in [0.15, 0.2) is 84.9 Å². The van der Waals surface area contributed by atoms with E-state index in [4.69, 9.17) is 37.6 Å². The fraction of sp³-hybridized carbons (Fsp3) is 0.550. The monoisotopic (exact) mass is 799 g/mol. The molecule has 3 aliphatic heterocycles. The standard InChI is InChI=1S/C40H53NO14Si/c1-24-34-35(54-40(5,6)53-34)36(55-56(39(2,3)4,28-13-9-7-10-14-28)29-15-11-8-12-16-29)38(50-24)49-23-27(22-48-26-19-17-25(18-20-26)41(46)47)51-37-33(45)32(44)31(43)30(21-42)52-37/h7-20,24,27,30-38,42-45H,21-23H2,1-6H3/t24-,27?,30+,31-,32-,33+,34+,35+,36-,37+,38+/m0/s1. The summed E-state index contributed by atoms with van der Waals surface area (Å²) in [5, 5.41) is 54.4. The summed E-state index contributed by atoms with van der Waals surface area (Å²) in [4.78, 5) is 10.7. The van der Waals surface area contributed by atoms with Gasteiger partial charge in [0.15, 0.2) is 18.4 Å². The fourth-order valence-electron chi connectivity index (χ4n) is 7.66. The van der Waals surface area contributed by atoms with E-state index in [0.717, 1.165) is 10.4 Å². The number of hydrogen-bond acceptors (Lipinski definition) is 14. The Hall–Kier alpha value is -3.36. The maximum Gasteiger partial charge on any atom is 0.269 e. The average Bonchev–Trinajstić information content (AvgIpc) is 3.51. The van der Waals surface area contributed by atoms with Gasteiger partial charge in [-0.05, 0) is 48.3 Å². The normalized spacial score (nSPS) is 31.0. The van der Waals surface area contributed by atoms with Gasteiger partial charge in [0.05, 0.1) is 24.2 Å². The molecule has 11 atom stereocenters. The summed E-state index contributed by atoms with van der Waals surface area (Å²) in [5.74, 6) is -0.669. The Morgan fingerprint density at radius 3 is 1.96 bits per heavy atom. The summed E-state index contributed by atoms with van der Waals surface area (Å²) in [6, 6.07) is 25.7. The van der Waals surface area contributed by atoms with Gasteiger partial charge >= 0.3 is 0 Å². The lowest BCUT2D eigenvalue weighted by Crippen LogP contribution is -2.71. The molecule has 3 aliphatic rings. The molecule has 306 valence electrons. The van der Waals surface area contributed by atoms with Crippen molar-refractivity contribution in [2.45, 2.75) is 120 Å².